The number of carbonyl (C=O) groups excluding carboxylic acids is 1. The molecule has 1 aliphatic rings. The standard InChI is InChI=1S/C20H25N3O2S2/c1-20(2,3)19-21-11-15(12-22-19)23-17(24)13-25-16-7-5-14(6-8-16)18-26-9-4-10-27-18/h5-8,11-12,18H,4,9-10,13H2,1-3H3,(H,23,24). The topological polar surface area (TPSA) is 64.1 Å². The van der Waals surface area contributed by atoms with Gasteiger partial charge in [0.25, 0.3) is 5.91 Å². The maximum atomic E-state index is 12.1. The highest BCUT2D eigenvalue weighted by molar-refractivity contribution is 8.16. The molecule has 7 heteroatoms. The highest BCUT2D eigenvalue weighted by Crippen LogP contribution is 2.43. The predicted molar refractivity (Wildman–Crippen MR) is 114 cm³/mol. The van der Waals surface area contributed by atoms with Crippen LogP contribution in [0.3, 0.4) is 0 Å². The van der Waals surface area contributed by atoms with E-state index in [0.717, 1.165) is 5.82 Å². The second-order valence-corrected chi connectivity index (χ2v) is 10.1. The first-order valence-electron chi connectivity index (χ1n) is 9.00. The van der Waals surface area contributed by atoms with Crippen LogP contribution in [0.2, 0.25) is 0 Å². The molecule has 0 unspecified atom stereocenters. The fourth-order valence-electron chi connectivity index (χ4n) is 2.53. The Bertz CT molecular complexity index is 752. The van der Waals surface area contributed by atoms with Gasteiger partial charge in [-0.3, -0.25) is 4.79 Å². The zero-order chi connectivity index (χ0) is 19.3. The van der Waals surface area contributed by atoms with Gasteiger partial charge >= 0.3 is 0 Å². The Morgan fingerprint density at radius 2 is 1.78 bits per heavy atom. The van der Waals surface area contributed by atoms with E-state index in [1.165, 1.54) is 23.5 Å². The minimum absolute atomic E-state index is 0.0483. The van der Waals surface area contributed by atoms with E-state index in [0.29, 0.717) is 16.0 Å². The van der Waals surface area contributed by atoms with Crippen molar-refractivity contribution in [3.63, 3.8) is 0 Å². The minimum atomic E-state index is -0.232. The van der Waals surface area contributed by atoms with Gasteiger partial charge in [-0.25, -0.2) is 9.97 Å². The van der Waals surface area contributed by atoms with Crippen LogP contribution in [0.5, 0.6) is 5.75 Å². The van der Waals surface area contributed by atoms with Gasteiger partial charge in [0.15, 0.2) is 6.61 Å². The van der Waals surface area contributed by atoms with Crippen LogP contribution in [0, 0.1) is 0 Å². The van der Waals surface area contributed by atoms with E-state index in [2.05, 4.69) is 27.4 Å². The molecule has 1 aromatic carbocycles. The van der Waals surface area contributed by atoms with E-state index in [1.54, 1.807) is 12.4 Å². The molecule has 27 heavy (non-hydrogen) atoms. The number of anilines is 1. The number of nitrogens with zero attached hydrogens (tertiary/aromatic N) is 2. The fourth-order valence-corrected chi connectivity index (χ4v) is 5.42. The van der Waals surface area contributed by atoms with Crippen molar-refractivity contribution in [2.75, 3.05) is 23.4 Å². The van der Waals surface area contributed by atoms with Crippen LogP contribution in [-0.4, -0.2) is 34.0 Å². The van der Waals surface area contributed by atoms with Gasteiger partial charge in [-0.15, -0.1) is 23.5 Å². The Balaban J connectivity index is 1.48. The molecule has 1 N–H and O–H groups in total. The molecule has 1 aliphatic heterocycles. The smallest absolute Gasteiger partial charge is 0.262 e. The van der Waals surface area contributed by atoms with Crippen LogP contribution >= 0.6 is 23.5 Å². The summed E-state index contributed by atoms with van der Waals surface area (Å²) in [6, 6.07) is 8.03. The van der Waals surface area contributed by atoms with E-state index in [4.69, 9.17) is 4.74 Å². The number of ether oxygens (including phenoxy) is 1. The normalized spacial score (nSPS) is 15.4. The summed E-state index contributed by atoms with van der Waals surface area (Å²) in [4.78, 5) is 20.7. The van der Waals surface area contributed by atoms with Crippen LogP contribution in [-0.2, 0) is 10.2 Å². The maximum absolute atomic E-state index is 12.1. The fraction of sp³-hybridized carbons (Fsp3) is 0.450. The van der Waals surface area contributed by atoms with Crippen molar-refractivity contribution < 1.29 is 9.53 Å². The lowest BCUT2D eigenvalue weighted by molar-refractivity contribution is -0.118. The van der Waals surface area contributed by atoms with Crippen LogP contribution in [0.4, 0.5) is 5.69 Å². The molecule has 2 heterocycles. The second kappa shape index (κ2) is 8.97. The van der Waals surface area contributed by atoms with Crippen molar-refractivity contribution in [2.45, 2.75) is 37.2 Å². The van der Waals surface area contributed by atoms with Crippen molar-refractivity contribution >= 4 is 35.1 Å². The molecule has 0 aliphatic carbocycles. The van der Waals surface area contributed by atoms with Gasteiger partial charge in [0.1, 0.15) is 11.6 Å². The zero-order valence-electron chi connectivity index (χ0n) is 15.9. The molecule has 0 radical (unpaired) electrons. The lowest BCUT2D eigenvalue weighted by Crippen LogP contribution is -2.21. The minimum Gasteiger partial charge on any atom is -0.484 e. The summed E-state index contributed by atoms with van der Waals surface area (Å²) in [5, 5.41) is 2.76. The molecule has 5 nitrogen and oxygen atoms in total. The number of amides is 1. The SMILES string of the molecule is CC(C)(C)c1ncc(NC(=O)COc2ccc(C3SCCCS3)cc2)cn1. The van der Waals surface area contributed by atoms with Crippen LogP contribution < -0.4 is 10.1 Å². The van der Waals surface area contributed by atoms with Crippen molar-refractivity contribution in [3.05, 3.63) is 48.0 Å². The first-order valence-corrected chi connectivity index (χ1v) is 11.1. The average molecular weight is 404 g/mol. The first kappa shape index (κ1) is 20.0. The zero-order valence-corrected chi connectivity index (χ0v) is 17.5. The lowest BCUT2D eigenvalue weighted by atomic mass is 9.96. The van der Waals surface area contributed by atoms with Crippen molar-refractivity contribution in [1.82, 2.24) is 9.97 Å². The van der Waals surface area contributed by atoms with Crippen molar-refractivity contribution in [1.29, 1.82) is 0 Å². The molecule has 1 aromatic heterocycles. The molecule has 0 saturated carbocycles. The van der Waals surface area contributed by atoms with E-state index in [1.807, 2.05) is 56.4 Å². The summed E-state index contributed by atoms with van der Waals surface area (Å²) < 4.78 is 6.10. The van der Waals surface area contributed by atoms with Gasteiger partial charge in [0, 0.05) is 5.41 Å². The monoisotopic (exact) mass is 403 g/mol. The number of benzene rings is 1. The van der Waals surface area contributed by atoms with Crippen molar-refractivity contribution in [2.24, 2.45) is 0 Å². The van der Waals surface area contributed by atoms with Crippen LogP contribution in [0.1, 0.15) is 43.2 Å². The van der Waals surface area contributed by atoms with Gasteiger partial charge in [-0.1, -0.05) is 32.9 Å². The van der Waals surface area contributed by atoms with Gasteiger partial charge < -0.3 is 10.1 Å². The first-order chi connectivity index (χ1) is 12.9. The van der Waals surface area contributed by atoms with Gasteiger partial charge in [-0.05, 0) is 35.6 Å². The molecule has 1 fully saturated rings. The second-order valence-electron chi connectivity index (χ2n) is 7.38. The largest absolute Gasteiger partial charge is 0.484 e. The number of hydrogen-bond acceptors (Lipinski definition) is 6. The van der Waals surface area contributed by atoms with Crippen molar-refractivity contribution in [3.8, 4) is 5.75 Å². The molecular formula is C20H25N3O2S2. The van der Waals surface area contributed by atoms with Gasteiger partial charge in [0.05, 0.1) is 22.7 Å². The van der Waals surface area contributed by atoms with E-state index < -0.39 is 0 Å². The maximum Gasteiger partial charge on any atom is 0.262 e. The summed E-state index contributed by atoms with van der Waals surface area (Å²) in [6.45, 7) is 6.09. The molecule has 2 aromatic rings. The molecule has 0 bridgehead atoms. The molecule has 1 saturated heterocycles. The summed E-state index contributed by atoms with van der Waals surface area (Å²) in [5.74, 6) is 3.64. The summed E-state index contributed by atoms with van der Waals surface area (Å²) in [5.41, 5.74) is 1.75. The summed E-state index contributed by atoms with van der Waals surface area (Å²) in [7, 11) is 0. The summed E-state index contributed by atoms with van der Waals surface area (Å²) in [6.07, 6.45) is 4.53. The molecule has 0 spiro atoms. The third-order valence-corrected chi connectivity index (χ3v) is 6.97. The molecule has 144 valence electrons. The Labute approximate surface area is 169 Å². The van der Waals surface area contributed by atoms with E-state index in [9.17, 15) is 4.79 Å². The quantitative estimate of drug-likeness (QED) is 0.783. The number of aromatic nitrogens is 2. The Hall–Kier alpha value is -1.73. The van der Waals surface area contributed by atoms with Gasteiger partial charge in [-0.2, -0.15) is 0 Å². The number of rotatable bonds is 5. The molecule has 1 amide bonds. The number of nitrogens with one attached hydrogen (secondary N) is 1. The number of carbonyl (C=O) groups is 1. The van der Waals surface area contributed by atoms with E-state index >= 15 is 0 Å². The number of hydrogen-bond donors (Lipinski definition) is 1. The van der Waals surface area contributed by atoms with Gasteiger partial charge in [0.2, 0.25) is 0 Å². The van der Waals surface area contributed by atoms with Crippen LogP contribution in [0.25, 0.3) is 0 Å². The highest BCUT2D eigenvalue weighted by Gasteiger charge is 2.17. The Kier molecular flexibility index (Phi) is 6.65. The molecular weight excluding hydrogens is 378 g/mol. The third kappa shape index (κ3) is 5.87. The Morgan fingerprint density at radius 1 is 1.15 bits per heavy atom. The highest BCUT2D eigenvalue weighted by atomic mass is 32.2. The third-order valence-electron chi connectivity index (χ3n) is 3.96. The molecule has 3 rings (SSSR count). The summed E-state index contributed by atoms with van der Waals surface area (Å²) >= 11 is 3.98. The average Bonchev–Trinajstić information content (AvgIpc) is 2.67. The lowest BCUT2D eigenvalue weighted by Gasteiger charge is -2.21. The molecule has 0 atom stereocenters. The Morgan fingerprint density at radius 3 is 2.37 bits per heavy atom. The number of thioether (sulfide) groups is 2. The van der Waals surface area contributed by atoms with Crippen LogP contribution in [0.15, 0.2) is 36.7 Å². The van der Waals surface area contributed by atoms with E-state index in [-0.39, 0.29) is 17.9 Å². The predicted octanol–water partition coefficient (Wildman–Crippen LogP) is 4.66.